The van der Waals surface area contributed by atoms with Gasteiger partial charge in [0.15, 0.2) is 0 Å². The summed E-state index contributed by atoms with van der Waals surface area (Å²) in [4.78, 5) is 35.5. The van der Waals surface area contributed by atoms with Crippen molar-refractivity contribution in [2.24, 2.45) is 0 Å². The van der Waals surface area contributed by atoms with Crippen molar-refractivity contribution in [3.05, 3.63) is 0 Å². The minimum atomic E-state index is -0.751. The molecule has 7 nitrogen and oxygen atoms in total. The van der Waals surface area contributed by atoms with Gasteiger partial charge >= 0.3 is 5.97 Å². The number of imide groups is 1. The van der Waals surface area contributed by atoms with Crippen LogP contribution in [0.5, 0.6) is 0 Å². The number of nitrogens with zero attached hydrogens (tertiary/aromatic N) is 2. The Morgan fingerprint density at radius 3 is 2.24 bits per heavy atom. The summed E-state index contributed by atoms with van der Waals surface area (Å²) >= 11 is 0. The van der Waals surface area contributed by atoms with Gasteiger partial charge in [0.1, 0.15) is 11.3 Å². The highest BCUT2D eigenvalue weighted by molar-refractivity contribution is 5.93. The summed E-state index contributed by atoms with van der Waals surface area (Å²) in [5.74, 6) is -0.420. The lowest BCUT2D eigenvalue weighted by atomic mass is 10.1. The first-order chi connectivity index (χ1) is 9.44. The van der Waals surface area contributed by atoms with Gasteiger partial charge in [-0.25, -0.2) is 0 Å². The van der Waals surface area contributed by atoms with Crippen LogP contribution in [-0.4, -0.2) is 66.5 Å². The summed E-state index contributed by atoms with van der Waals surface area (Å²) in [5.41, 5.74) is -1.08. The fraction of sp³-hybridized carbons (Fsp3) is 0.786. The zero-order chi connectivity index (χ0) is 16.8. The van der Waals surface area contributed by atoms with Gasteiger partial charge in [-0.1, -0.05) is 0 Å². The summed E-state index contributed by atoms with van der Waals surface area (Å²) in [6, 6.07) is 0. The van der Waals surface area contributed by atoms with E-state index in [2.05, 4.69) is 5.32 Å². The first-order valence-electron chi connectivity index (χ1n) is 6.82. The van der Waals surface area contributed by atoms with Gasteiger partial charge in [-0.15, -0.1) is 0 Å². The Kier molecular flexibility index (Phi) is 6.99. The van der Waals surface area contributed by atoms with E-state index >= 15 is 0 Å². The number of ether oxygens (including phenoxy) is 1. The highest BCUT2D eigenvalue weighted by atomic mass is 16.6. The first kappa shape index (κ1) is 19.5. The van der Waals surface area contributed by atoms with Gasteiger partial charge in [0.05, 0.1) is 0 Å². The summed E-state index contributed by atoms with van der Waals surface area (Å²) in [5, 5.41) is 3.08. The average molecular weight is 301 g/mol. The molecule has 1 N–H and O–H groups in total. The van der Waals surface area contributed by atoms with Crippen LogP contribution in [0, 0.1) is 0 Å². The Hall–Kier alpha value is -1.47. The van der Waals surface area contributed by atoms with Crippen LogP contribution in [0.3, 0.4) is 0 Å². The molecule has 1 atom stereocenters. The Morgan fingerprint density at radius 1 is 1.43 bits per heavy atom. The molecule has 1 heterocycles. The molecule has 0 radical (unpaired) electrons. The van der Waals surface area contributed by atoms with Gasteiger partial charge in [-0.2, -0.15) is 0 Å². The number of hydrogen-bond acceptors (Lipinski definition) is 6. The van der Waals surface area contributed by atoms with Crippen LogP contribution < -0.4 is 5.32 Å². The molecule has 21 heavy (non-hydrogen) atoms. The lowest BCUT2D eigenvalue weighted by Gasteiger charge is -2.41. The van der Waals surface area contributed by atoms with E-state index in [1.165, 1.54) is 11.8 Å². The van der Waals surface area contributed by atoms with Crippen molar-refractivity contribution < 1.29 is 19.1 Å². The molecule has 0 aliphatic carbocycles. The van der Waals surface area contributed by atoms with Crippen LogP contribution in [0.1, 0.15) is 34.6 Å². The van der Waals surface area contributed by atoms with Crippen molar-refractivity contribution in [2.75, 3.05) is 27.2 Å². The number of likely N-dealkylation sites (N-methyl/N-ethyl adjacent to an activating group) is 1. The standard InChI is InChI=1S/C8H15N3O2.C6H12O2/c1-8(10(2)3)7(13)11(6-12)5-4-9-8;1-5(7)8-6(2,3)4/h6,9H,4-5H2,1-3H3;1-4H3. The first-order valence-corrected chi connectivity index (χ1v) is 6.82. The van der Waals surface area contributed by atoms with E-state index in [1.807, 2.05) is 20.8 Å². The van der Waals surface area contributed by atoms with E-state index < -0.39 is 5.66 Å². The van der Waals surface area contributed by atoms with Gasteiger partial charge in [0, 0.05) is 20.0 Å². The van der Waals surface area contributed by atoms with Crippen LogP contribution >= 0.6 is 0 Å². The van der Waals surface area contributed by atoms with Crippen LogP contribution in [0.15, 0.2) is 0 Å². The van der Waals surface area contributed by atoms with Gasteiger partial charge < -0.3 is 4.74 Å². The Balaban J connectivity index is 0.000000433. The molecule has 7 heteroatoms. The molecule has 0 saturated carbocycles. The smallest absolute Gasteiger partial charge is 0.303 e. The Bertz CT molecular complexity index is 390. The maximum Gasteiger partial charge on any atom is 0.303 e. The fourth-order valence-electron chi connectivity index (χ4n) is 1.76. The number of rotatable bonds is 2. The lowest BCUT2D eigenvalue weighted by Crippen LogP contribution is -2.68. The monoisotopic (exact) mass is 301 g/mol. The number of amides is 2. The quantitative estimate of drug-likeness (QED) is 0.580. The van der Waals surface area contributed by atoms with Crippen molar-refractivity contribution in [3.8, 4) is 0 Å². The molecular weight excluding hydrogens is 274 g/mol. The molecule has 0 aromatic heterocycles. The summed E-state index contributed by atoms with van der Waals surface area (Å²) in [6.45, 7) is 9.79. The number of carbonyl (C=O) groups excluding carboxylic acids is 3. The molecule has 1 aliphatic heterocycles. The maximum atomic E-state index is 11.7. The van der Waals surface area contributed by atoms with Gasteiger partial charge in [-0.3, -0.25) is 29.5 Å². The highest BCUT2D eigenvalue weighted by Crippen LogP contribution is 2.14. The summed E-state index contributed by atoms with van der Waals surface area (Å²) in [6.07, 6.45) is 0.588. The zero-order valence-corrected chi connectivity index (χ0v) is 14.0. The molecule has 0 aromatic rings. The topological polar surface area (TPSA) is 79.0 Å². The molecule has 1 aliphatic rings. The van der Waals surface area contributed by atoms with Crippen molar-refractivity contribution in [2.45, 2.75) is 45.9 Å². The molecule has 1 fully saturated rings. The van der Waals surface area contributed by atoms with E-state index in [4.69, 9.17) is 4.74 Å². The summed E-state index contributed by atoms with van der Waals surface area (Å²) in [7, 11) is 3.61. The van der Waals surface area contributed by atoms with E-state index in [0.29, 0.717) is 19.5 Å². The Morgan fingerprint density at radius 2 is 1.95 bits per heavy atom. The number of esters is 1. The lowest BCUT2D eigenvalue weighted by molar-refractivity contribution is -0.153. The SMILES string of the molecule is CC(=O)OC(C)(C)C.CN(C)C1(C)NCCN(C=O)C1=O. The normalized spacial score (nSPS) is 22.5. The van der Waals surface area contributed by atoms with E-state index in [1.54, 1.807) is 25.9 Å². The van der Waals surface area contributed by atoms with Crippen molar-refractivity contribution in [3.63, 3.8) is 0 Å². The van der Waals surface area contributed by atoms with Crippen LogP contribution in [-0.2, 0) is 19.1 Å². The number of piperazine rings is 1. The minimum absolute atomic E-state index is 0.196. The largest absolute Gasteiger partial charge is 0.460 e. The molecule has 1 unspecified atom stereocenters. The second kappa shape index (κ2) is 7.51. The average Bonchev–Trinajstić information content (AvgIpc) is 2.30. The molecule has 0 spiro atoms. The third kappa shape index (κ3) is 6.22. The predicted molar refractivity (Wildman–Crippen MR) is 79.4 cm³/mol. The van der Waals surface area contributed by atoms with Crippen molar-refractivity contribution in [1.82, 2.24) is 15.1 Å². The van der Waals surface area contributed by atoms with E-state index in [-0.39, 0.29) is 17.5 Å². The fourth-order valence-corrected chi connectivity index (χ4v) is 1.76. The Labute approximate surface area is 126 Å². The van der Waals surface area contributed by atoms with Gasteiger partial charge in [0.25, 0.3) is 5.91 Å². The molecule has 1 rings (SSSR count). The highest BCUT2D eigenvalue weighted by Gasteiger charge is 2.41. The zero-order valence-electron chi connectivity index (χ0n) is 14.0. The maximum absolute atomic E-state index is 11.7. The minimum Gasteiger partial charge on any atom is -0.460 e. The third-order valence-electron chi connectivity index (χ3n) is 2.97. The van der Waals surface area contributed by atoms with Crippen LogP contribution in [0.2, 0.25) is 0 Å². The van der Waals surface area contributed by atoms with E-state index in [0.717, 1.165) is 0 Å². The van der Waals surface area contributed by atoms with Crippen LogP contribution in [0.4, 0.5) is 0 Å². The molecule has 2 amide bonds. The van der Waals surface area contributed by atoms with Crippen LogP contribution in [0.25, 0.3) is 0 Å². The molecule has 122 valence electrons. The van der Waals surface area contributed by atoms with Gasteiger partial charge in [0.2, 0.25) is 6.41 Å². The molecular formula is C14H27N3O4. The second-order valence-electron chi connectivity index (χ2n) is 6.20. The number of carbonyl (C=O) groups is 3. The predicted octanol–water partition coefficient (Wildman–Crippen LogP) is 0.200. The van der Waals surface area contributed by atoms with Gasteiger partial charge in [-0.05, 0) is 41.8 Å². The molecule has 0 bridgehead atoms. The summed E-state index contributed by atoms with van der Waals surface area (Å²) < 4.78 is 4.80. The van der Waals surface area contributed by atoms with E-state index in [9.17, 15) is 14.4 Å². The number of nitrogens with one attached hydrogen (secondary N) is 1. The van der Waals surface area contributed by atoms with Crippen molar-refractivity contribution >= 4 is 18.3 Å². The van der Waals surface area contributed by atoms with Crippen molar-refractivity contribution in [1.29, 1.82) is 0 Å². The molecule has 1 saturated heterocycles. The second-order valence-corrected chi connectivity index (χ2v) is 6.20. The number of hydrogen-bond donors (Lipinski definition) is 1. The molecule has 0 aromatic carbocycles. The third-order valence-corrected chi connectivity index (χ3v) is 2.97.